The molecular formula is C13H8Cl2F2N2O. The second-order valence-corrected chi connectivity index (χ2v) is 4.73. The van der Waals surface area contributed by atoms with Crippen LogP contribution in [0.2, 0.25) is 10.0 Å². The van der Waals surface area contributed by atoms with Crippen LogP contribution in [0.15, 0.2) is 36.4 Å². The molecule has 0 saturated carbocycles. The summed E-state index contributed by atoms with van der Waals surface area (Å²) in [4.78, 5) is 11.7. The Bertz CT molecular complexity index is 645. The summed E-state index contributed by atoms with van der Waals surface area (Å²) in [5, 5.41) is 5.38. The number of carbonyl (C=O) groups is 1. The van der Waals surface area contributed by atoms with E-state index in [1.54, 1.807) is 0 Å². The number of amides is 2. The van der Waals surface area contributed by atoms with Gasteiger partial charge in [0, 0.05) is 21.8 Å². The van der Waals surface area contributed by atoms with Gasteiger partial charge in [0.25, 0.3) is 0 Å². The Balaban J connectivity index is 2.09. The van der Waals surface area contributed by atoms with Gasteiger partial charge in [0.1, 0.15) is 11.6 Å². The summed E-state index contributed by atoms with van der Waals surface area (Å²) in [5.41, 5.74) is 0.208. The Morgan fingerprint density at radius 2 is 1.60 bits per heavy atom. The molecular weight excluding hydrogens is 309 g/mol. The van der Waals surface area contributed by atoms with Gasteiger partial charge in [0.15, 0.2) is 0 Å². The van der Waals surface area contributed by atoms with Gasteiger partial charge in [-0.1, -0.05) is 23.2 Å². The molecule has 0 heterocycles. The van der Waals surface area contributed by atoms with Gasteiger partial charge >= 0.3 is 6.03 Å². The van der Waals surface area contributed by atoms with E-state index in [1.165, 1.54) is 18.2 Å². The highest BCUT2D eigenvalue weighted by atomic mass is 35.5. The molecule has 0 radical (unpaired) electrons. The molecule has 2 aromatic rings. The van der Waals surface area contributed by atoms with Crippen LogP contribution in [-0.4, -0.2) is 6.03 Å². The van der Waals surface area contributed by atoms with Crippen molar-refractivity contribution in [1.82, 2.24) is 0 Å². The van der Waals surface area contributed by atoms with Crippen molar-refractivity contribution in [3.63, 3.8) is 0 Å². The monoisotopic (exact) mass is 316 g/mol. The number of nitrogens with one attached hydrogen (secondary N) is 2. The molecule has 2 aromatic carbocycles. The Morgan fingerprint density at radius 1 is 0.950 bits per heavy atom. The lowest BCUT2D eigenvalue weighted by Crippen LogP contribution is -2.20. The van der Waals surface area contributed by atoms with Crippen LogP contribution in [-0.2, 0) is 0 Å². The van der Waals surface area contributed by atoms with Crippen LogP contribution in [0.1, 0.15) is 0 Å². The summed E-state index contributed by atoms with van der Waals surface area (Å²) < 4.78 is 26.1. The molecule has 0 aromatic heterocycles. The molecule has 0 atom stereocenters. The summed E-state index contributed by atoms with van der Waals surface area (Å²) in [6, 6.07) is 6.60. The Hall–Kier alpha value is -1.85. The molecule has 0 fully saturated rings. The van der Waals surface area contributed by atoms with Crippen molar-refractivity contribution in [2.75, 3.05) is 10.6 Å². The zero-order valence-corrected chi connectivity index (χ0v) is 11.4. The van der Waals surface area contributed by atoms with Crippen molar-refractivity contribution in [2.24, 2.45) is 0 Å². The lowest BCUT2D eigenvalue weighted by Gasteiger charge is -2.09. The van der Waals surface area contributed by atoms with Crippen LogP contribution in [0.3, 0.4) is 0 Å². The van der Waals surface area contributed by atoms with E-state index in [0.29, 0.717) is 21.8 Å². The van der Waals surface area contributed by atoms with Crippen LogP contribution in [0.5, 0.6) is 0 Å². The Labute approximate surface area is 123 Å². The van der Waals surface area contributed by atoms with Crippen molar-refractivity contribution in [3.05, 3.63) is 58.1 Å². The molecule has 104 valence electrons. The summed E-state index contributed by atoms with van der Waals surface area (Å²) in [5.74, 6) is -1.60. The first kappa shape index (κ1) is 14.6. The largest absolute Gasteiger partial charge is 0.323 e. The predicted molar refractivity (Wildman–Crippen MR) is 75.5 cm³/mol. The quantitative estimate of drug-likeness (QED) is 0.811. The van der Waals surface area contributed by atoms with E-state index in [0.717, 1.165) is 12.1 Å². The van der Waals surface area contributed by atoms with Crippen LogP contribution in [0.4, 0.5) is 25.0 Å². The third-order valence-electron chi connectivity index (χ3n) is 2.30. The minimum Gasteiger partial charge on any atom is -0.308 e. The van der Waals surface area contributed by atoms with Gasteiger partial charge in [-0.2, -0.15) is 0 Å². The SMILES string of the molecule is O=C(Nc1cc(Cl)cc(Cl)c1)Nc1ccc(F)cc1F. The van der Waals surface area contributed by atoms with Gasteiger partial charge in [-0.15, -0.1) is 0 Å². The fraction of sp³-hybridized carbons (Fsp3) is 0. The molecule has 0 saturated heterocycles. The second-order valence-electron chi connectivity index (χ2n) is 3.86. The van der Waals surface area contributed by atoms with E-state index >= 15 is 0 Å². The van der Waals surface area contributed by atoms with E-state index in [2.05, 4.69) is 10.6 Å². The average Bonchev–Trinajstić information content (AvgIpc) is 2.31. The zero-order valence-electron chi connectivity index (χ0n) is 9.88. The summed E-state index contributed by atoms with van der Waals surface area (Å²) in [6.07, 6.45) is 0. The average molecular weight is 317 g/mol. The number of urea groups is 1. The van der Waals surface area contributed by atoms with Gasteiger partial charge in [-0.25, -0.2) is 13.6 Å². The summed E-state index contributed by atoms with van der Waals surface area (Å²) in [7, 11) is 0. The molecule has 0 aliphatic heterocycles. The highest BCUT2D eigenvalue weighted by molar-refractivity contribution is 6.35. The first-order chi connectivity index (χ1) is 9.44. The molecule has 3 nitrogen and oxygen atoms in total. The molecule has 0 unspecified atom stereocenters. The summed E-state index contributed by atoms with van der Waals surface area (Å²) in [6.45, 7) is 0. The van der Waals surface area contributed by atoms with Crippen LogP contribution in [0.25, 0.3) is 0 Å². The predicted octanol–water partition coefficient (Wildman–Crippen LogP) is 4.92. The van der Waals surface area contributed by atoms with E-state index in [4.69, 9.17) is 23.2 Å². The standard InChI is InChI=1S/C13H8Cl2F2N2O/c14-7-3-8(15)5-10(4-7)18-13(20)19-12-2-1-9(16)6-11(12)17/h1-6H,(H2,18,19,20). The number of halogens is 4. The zero-order chi connectivity index (χ0) is 14.7. The third kappa shape index (κ3) is 3.82. The van der Waals surface area contributed by atoms with E-state index in [-0.39, 0.29) is 5.69 Å². The van der Waals surface area contributed by atoms with Crippen molar-refractivity contribution < 1.29 is 13.6 Å². The highest BCUT2D eigenvalue weighted by Crippen LogP contribution is 2.23. The van der Waals surface area contributed by atoms with Gasteiger partial charge < -0.3 is 10.6 Å². The topological polar surface area (TPSA) is 41.1 Å². The van der Waals surface area contributed by atoms with Gasteiger partial charge in [0.2, 0.25) is 0 Å². The maximum atomic E-state index is 13.4. The third-order valence-corrected chi connectivity index (χ3v) is 2.74. The van der Waals surface area contributed by atoms with Crippen LogP contribution in [0, 0.1) is 11.6 Å². The lowest BCUT2D eigenvalue weighted by molar-refractivity contribution is 0.262. The molecule has 20 heavy (non-hydrogen) atoms. The van der Waals surface area contributed by atoms with Crippen molar-refractivity contribution in [1.29, 1.82) is 0 Å². The van der Waals surface area contributed by atoms with Crippen LogP contribution < -0.4 is 10.6 Å². The fourth-order valence-electron chi connectivity index (χ4n) is 1.50. The fourth-order valence-corrected chi connectivity index (χ4v) is 2.03. The van der Waals surface area contributed by atoms with Crippen molar-refractivity contribution in [3.8, 4) is 0 Å². The van der Waals surface area contributed by atoms with Crippen molar-refractivity contribution >= 4 is 40.6 Å². The van der Waals surface area contributed by atoms with E-state index in [9.17, 15) is 13.6 Å². The van der Waals surface area contributed by atoms with Crippen molar-refractivity contribution in [2.45, 2.75) is 0 Å². The Morgan fingerprint density at radius 3 is 2.20 bits per heavy atom. The maximum absolute atomic E-state index is 13.4. The second kappa shape index (κ2) is 6.07. The molecule has 0 aliphatic rings. The minimum absolute atomic E-state index is 0.142. The Kier molecular flexibility index (Phi) is 4.42. The lowest BCUT2D eigenvalue weighted by atomic mass is 10.3. The molecule has 2 rings (SSSR count). The molecule has 2 N–H and O–H groups in total. The van der Waals surface area contributed by atoms with Crippen LogP contribution >= 0.6 is 23.2 Å². The number of rotatable bonds is 2. The normalized spacial score (nSPS) is 10.2. The molecule has 0 spiro atoms. The number of benzene rings is 2. The van der Waals surface area contributed by atoms with Gasteiger partial charge in [-0.3, -0.25) is 0 Å². The molecule has 0 bridgehead atoms. The van der Waals surface area contributed by atoms with Gasteiger partial charge in [-0.05, 0) is 30.3 Å². The minimum atomic E-state index is -0.871. The molecule has 0 aliphatic carbocycles. The summed E-state index contributed by atoms with van der Waals surface area (Å²) >= 11 is 11.6. The number of hydrogen-bond donors (Lipinski definition) is 2. The van der Waals surface area contributed by atoms with E-state index in [1.807, 2.05) is 0 Å². The number of carbonyl (C=O) groups excluding carboxylic acids is 1. The smallest absolute Gasteiger partial charge is 0.308 e. The molecule has 7 heteroatoms. The maximum Gasteiger partial charge on any atom is 0.323 e. The number of hydrogen-bond acceptors (Lipinski definition) is 1. The first-order valence-electron chi connectivity index (χ1n) is 5.43. The highest BCUT2D eigenvalue weighted by Gasteiger charge is 2.08. The molecule has 2 amide bonds. The first-order valence-corrected chi connectivity index (χ1v) is 6.19. The van der Waals surface area contributed by atoms with E-state index < -0.39 is 17.7 Å². The number of anilines is 2. The van der Waals surface area contributed by atoms with Gasteiger partial charge in [0.05, 0.1) is 5.69 Å².